The van der Waals surface area contributed by atoms with Crippen LogP contribution in [0, 0.1) is 0 Å². The van der Waals surface area contributed by atoms with Crippen LogP contribution in [0.3, 0.4) is 0 Å². The van der Waals surface area contributed by atoms with E-state index in [1.54, 1.807) is 0 Å². The van der Waals surface area contributed by atoms with Gasteiger partial charge in [0.05, 0.1) is 19.8 Å². The van der Waals surface area contributed by atoms with Gasteiger partial charge in [0.1, 0.15) is 0 Å². The van der Waals surface area contributed by atoms with E-state index in [4.69, 9.17) is 18.9 Å². The summed E-state index contributed by atoms with van der Waals surface area (Å²) in [6.45, 7) is 10.1. The second-order valence-electron chi connectivity index (χ2n) is 11.5. The molecule has 0 saturated heterocycles. The van der Waals surface area contributed by atoms with Crippen molar-refractivity contribution in [3.8, 4) is 28.7 Å². The summed E-state index contributed by atoms with van der Waals surface area (Å²) in [5, 5.41) is 21.0. The molecule has 0 aliphatic rings. The number of unbranched alkanes of at least 4 members (excludes halogenated alkanes) is 16. The fourth-order valence-electron chi connectivity index (χ4n) is 5.08. The number of benzene rings is 1. The van der Waals surface area contributed by atoms with E-state index < -0.39 is 6.16 Å². The van der Waals surface area contributed by atoms with Crippen LogP contribution in [0.5, 0.6) is 28.7 Å². The predicted octanol–water partition coefficient (Wildman–Crippen LogP) is 11.0. The summed E-state index contributed by atoms with van der Waals surface area (Å²) in [7, 11) is 0. The Kier molecular flexibility index (Phi) is 22.6. The molecule has 0 aliphatic carbocycles. The SMILES string of the molecule is CCCCCCCOc1c(O)c(OC(=O)O)c(CCCCCCC)c(OCCCCCCC)c1OCCCCCCC. The molecule has 0 spiro atoms. The minimum atomic E-state index is -1.47. The van der Waals surface area contributed by atoms with Crippen molar-refractivity contribution in [3.05, 3.63) is 5.56 Å². The first kappa shape index (κ1) is 37.7. The number of phenols is 1. The highest BCUT2D eigenvalue weighted by atomic mass is 16.7. The van der Waals surface area contributed by atoms with E-state index in [1.807, 2.05) is 0 Å². The van der Waals surface area contributed by atoms with Crippen LogP contribution < -0.4 is 18.9 Å². The maximum absolute atomic E-state index is 11.8. The van der Waals surface area contributed by atoms with E-state index in [2.05, 4.69) is 27.7 Å². The molecule has 7 nitrogen and oxygen atoms in total. The molecule has 0 bridgehead atoms. The molecular formula is C35H62O7. The molecule has 0 fully saturated rings. The number of carboxylic acid groups (broad SMARTS) is 1. The third-order valence-electron chi connectivity index (χ3n) is 7.59. The molecule has 0 unspecified atom stereocenters. The smallest absolute Gasteiger partial charge is 0.502 e. The van der Waals surface area contributed by atoms with E-state index in [-0.39, 0.29) is 17.2 Å². The second kappa shape index (κ2) is 25.2. The molecule has 1 rings (SSSR count). The van der Waals surface area contributed by atoms with E-state index in [0.717, 1.165) is 96.3 Å². The van der Waals surface area contributed by atoms with Gasteiger partial charge in [-0.15, -0.1) is 0 Å². The van der Waals surface area contributed by atoms with Gasteiger partial charge in [0.2, 0.25) is 17.2 Å². The van der Waals surface area contributed by atoms with Gasteiger partial charge in [-0.1, -0.05) is 130 Å². The highest BCUT2D eigenvalue weighted by Gasteiger charge is 2.30. The normalized spacial score (nSPS) is 11.0. The molecule has 1 aromatic carbocycles. The molecule has 1 aromatic rings. The van der Waals surface area contributed by atoms with Crippen molar-refractivity contribution in [2.24, 2.45) is 0 Å². The maximum atomic E-state index is 11.8. The molecule has 2 N–H and O–H groups in total. The third-order valence-corrected chi connectivity index (χ3v) is 7.59. The Morgan fingerprint density at radius 1 is 0.500 bits per heavy atom. The van der Waals surface area contributed by atoms with Crippen LogP contribution in [0.4, 0.5) is 4.79 Å². The summed E-state index contributed by atoms with van der Waals surface area (Å²) >= 11 is 0. The van der Waals surface area contributed by atoms with Crippen LogP contribution in [-0.2, 0) is 6.42 Å². The van der Waals surface area contributed by atoms with Gasteiger partial charge in [0.15, 0.2) is 11.5 Å². The lowest BCUT2D eigenvalue weighted by Crippen LogP contribution is -2.12. The Balaban J connectivity index is 3.40. The molecule has 0 heterocycles. The lowest BCUT2D eigenvalue weighted by molar-refractivity contribution is 0.141. The average molecular weight is 595 g/mol. The zero-order valence-corrected chi connectivity index (χ0v) is 27.4. The lowest BCUT2D eigenvalue weighted by atomic mass is 10.0. The molecule has 0 radical (unpaired) electrons. The van der Waals surface area contributed by atoms with Crippen molar-refractivity contribution >= 4 is 6.16 Å². The van der Waals surface area contributed by atoms with E-state index in [0.29, 0.717) is 43.3 Å². The van der Waals surface area contributed by atoms with Crippen molar-refractivity contribution in [1.82, 2.24) is 0 Å². The lowest BCUT2D eigenvalue weighted by Gasteiger charge is -2.23. The van der Waals surface area contributed by atoms with Crippen molar-refractivity contribution in [2.45, 2.75) is 163 Å². The number of hydrogen-bond donors (Lipinski definition) is 2. The highest BCUT2D eigenvalue weighted by molar-refractivity contribution is 5.73. The van der Waals surface area contributed by atoms with Crippen LogP contribution in [0.15, 0.2) is 0 Å². The Hall–Kier alpha value is -2.31. The Labute approximate surface area is 256 Å². The maximum Gasteiger partial charge on any atom is 0.511 e. The van der Waals surface area contributed by atoms with Gasteiger partial charge in [-0.2, -0.15) is 0 Å². The number of hydrogen-bond acceptors (Lipinski definition) is 6. The van der Waals surface area contributed by atoms with Crippen molar-refractivity contribution in [2.75, 3.05) is 19.8 Å². The standard InChI is InChI=1S/C35H62O7/c1-5-9-13-17-21-25-29-31(42-35(37)38)30(36)33(40-27-23-19-15-11-7-3)34(41-28-24-20-16-12-8-4)32(29)39-26-22-18-14-10-6-2/h36H,5-28H2,1-4H3,(H,37,38). The second-order valence-corrected chi connectivity index (χ2v) is 11.5. The summed E-state index contributed by atoms with van der Waals surface area (Å²) in [6.07, 6.45) is 20.5. The summed E-state index contributed by atoms with van der Waals surface area (Å²) in [5.74, 6) is 0.572. The number of phenolic OH excluding ortho intramolecular Hbond substituents is 1. The van der Waals surface area contributed by atoms with Crippen LogP contribution >= 0.6 is 0 Å². The fourth-order valence-corrected chi connectivity index (χ4v) is 5.08. The van der Waals surface area contributed by atoms with Gasteiger partial charge in [-0.05, 0) is 32.1 Å². The zero-order valence-electron chi connectivity index (χ0n) is 27.4. The van der Waals surface area contributed by atoms with E-state index >= 15 is 0 Å². The van der Waals surface area contributed by atoms with Crippen LogP contribution in [0.2, 0.25) is 0 Å². The number of aromatic hydroxyl groups is 1. The molecule has 0 aromatic heterocycles. The monoisotopic (exact) mass is 594 g/mol. The largest absolute Gasteiger partial charge is 0.511 e. The number of carbonyl (C=O) groups is 1. The predicted molar refractivity (Wildman–Crippen MR) is 172 cm³/mol. The van der Waals surface area contributed by atoms with Gasteiger partial charge < -0.3 is 29.2 Å². The Morgan fingerprint density at radius 3 is 1.31 bits per heavy atom. The van der Waals surface area contributed by atoms with Crippen LogP contribution in [0.1, 0.15) is 162 Å². The molecule has 0 amide bonds. The molecule has 7 heteroatoms. The van der Waals surface area contributed by atoms with Crippen LogP contribution in [-0.4, -0.2) is 36.2 Å². The zero-order chi connectivity index (χ0) is 30.8. The van der Waals surface area contributed by atoms with Gasteiger partial charge in [-0.3, -0.25) is 0 Å². The van der Waals surface area contributed by atoms with Crippen molar-refractivity contribution in [3.63, 3.8) is 0 Å². The molecule has 0 atom stereocenters. The molecule has 0 saturated carbocycles. The minimum absolute atomic E-state index is 0.0877. The third kappa shape index (κ3) is 15.8. The average Bonchev–Trinajstić information content (AvgIpc) is 2.97. The molecule has 244 valence electrons. The summed E-state index contributed by atoms with van der Waals surface area (Å²) in [4.78, 5) is 11.8. The van der Waals surface area contributed by atoms with Gasteiger partial charge in [0, 0.05) is 5.56 Å². The molecule has 0 aliphatic heterocycles. The first-order valence-corrected chi connectivity index (χ1v) is 17.2. The Morgan fingerprint density at radius 2 is 0.881 bits per heavy atom. The molecule has 42 heavy (non-hydrogen) atoms. The van der Waals surface area contributed by atoms with Crippen molar-refractivity contribution in [1.29, 1.82) is 0 Å². The van der Waals surface area contributed by atoms with Gasteiger partial charge in [0.25, 0.3) is 0 Å². The first-order valence-electron chi connectivity index (χ1n) is 17.2. The summed E-state index contributed by atoms with van der Waals surface area (Å²) in [6, 6.07) is 0. The highest BCUT2D eigenvalue weighted by Crippen LogP contribution is 2.54. The van der Waals surface area contributed by atoms with E-state index in [9.17, 15) is 15.0 Å². The summed E-state index contributed by atoms with van der Waals surface area (Å²) < 4.78 is 24.1. The van der Waals surface area contributed by atoms with Gasteiger partial charge >= 0.3 is 6.16 Å². The quantitative estimate of drug-likeness (QED) is 0.0566. The van der Waals surface area contributed by atoms with Gasteiger partial charge in [-0.25, -0.2) is 4.79 Å². The van der Waals surface area contributed by atoms with Crippen LogP contribution in [0.25, 0.3) is 0 Å². The summed E-state index contributed by atoms with van der Waals surface area (Å²) in [5.41, 5.74) is 0.552. The number of ether oxygens (including phenoxy) is 4. The first-order chi connectivity index (χ1) is 20.5. The minimum Gasteiger partial charge on any atom is -0.502 e. The number of rotatable bonds is 28. The van der Waals surface area contributed by atoms with E-state index in [1.165, 1.54) is 32.1 Å². The van der Waals surface area contributed by atoms with Crippen molar-refractivity contribution < 1.29 is 34.0 Å². The Bertz CT molecular complexity index is 824. The fraction of sp³-hybridized carbons (Fsp3) is 0.800. The topological polar surface area (TPSA) is 94.5 Å². The molecular weight excluding hydrogens is 532 g/mol.